The minimum atomic E-state index is 0.347. The van der Waals surface area contributed by atoms with Crippen LogP contribution >= 0.6 is 0 Å². The molecule has 0 amide bonds. The molecule has 0 spiro atoms. The zero-order chi connectivity index (χ0) is 43.3. The first kappa shape index (κ1) is 36.8. The first-order chi connectivity index (χ1) is 32.7. The molecule has 2 unspecified atom stereocenters. The Morgan fingerprint density at radius 3 is 1.59 bits per heavy atom. The van der Waals surface area contributed by atoms with Gasteiger partial charge in [0, 0.05) is 58.7 Å². The summed E-state index contributed by atoms with van der Waals surface area (Å²) in [5.41, 5.74) is 20.6. The lowest BCUT2D eigenvalue weighted by Crippen LogP contribution is -2.01. The van der Waals surface area contributed by atoms with Crippen LogP contribution in [-0.4, -0.2) is 19.9 Å². The molecule has 4 nitrogen and oxygen atoms in total. The average Bonchev–Trinajstić information content (AvgIpc) is 3.90. The van der Waals surface area contributed by atoms with Crippen molar-refractivity contribution in [3.8, 4) is 89.4 Å². The average molecular weight is 839 g/mol. The van der Waals surface area contributed by atoms with E-state index < -0.39 is 0 Å². The number of nitrogens with zero attached hydrogens (tertiary/aromatic N) is 4. The SMILES string of the molecule is C1=CC2c3cccc4c(-c5cc(-c6ccc7c8c(cccc68)-c6ccccc6-7)c6nc(-c7ccc(-c8cccnc8)cc7)nc(-c7ccc(-c8cccnc8)cc7)c6c5)ccc(c34)C2C=C1. The maximum Gasteiger partial charge on any atom is 0.160 e. The van der Waals surface area contributed by atoms with Gasteiger partial charge in [0.2, 0.25) is 0 Å². The van der Waals surface area contributed by atoms with E-state index >= 15 is 0 Å². The Labute approximate surface area is 382 Å². The molecule has 8 aromatic carbocycles. The fourth-order valence-electron chi connectivity index (χ4n) is 11.2. The molecule has 0 N–H and O–H groups in total. The number of benzene rings is 8. The van der Waals surface area contributed by atoms with Gasteiger partial charge in [-0.3, -0.25) is 9.97 Å². The smallest absolute Gasteiger partial charge is 0.160 e. The summed E-state index contributed by atoms with van der Waals surface area (Å²) in [6.07, 6.45) is 16.6. The van der Waals surface area contributed by atoms with E-state index in [0.717, 1.165) is 66.7 Å². The number of pyridine rings is 2. The maximum absolute atomic E-state index is 5.62. The van der Waals surface area contributed by atoms with E-state index in [1.165, 1.54) is 60.5 Å². The van der Waals surface area contributed by atoms with E-state index in [0.29, 0.717) is 17.7 Å². The van der Waals surface area contributed by atoms with Gasteiger partial charge in [-0.1, -0.05) is 170 Å². The number of fused-ring (bicyclic) bond motifs is 7. The van der Waals surface area contributed by atoms with Crippen LogP contribution in [0.25, 0.3) is 122 Å². The third-order valence-electron chi connectivity index (χ3n) is 14.2. The second-order valence-electron chi connectivity index (χ2n) is 17.7. The second-order valence-corrected chi connectivity index (χ2v) is 17.7. The predicted molar refractivity (Wildman–Crippen MR) is 271 cm³/mol. The van der Waals surface area contributed by atoms with Crippen LogP contribution in [0.1, 0.15) is 23.0 Å². The van der Waals surface area contributed by atoms with Crippen LogP contribution in [-0.2, 0) is 0 Å². The third kappa shape index (κ3) is 5.58. The standard InChI is InChI=1S/C62H38N4/c1-3-13-47-45(11-1)51-16-5-15-50-44(27-29-54(47)58(50)51)43-33-56(49-28-30-55-48-14-4-2-12-46(48)52-17-6-18-53(49)59(52)55)61-57(34-43)60(39-23-19-37(20-24-39)41-9-7-31-63-35-41)65-62(66-61)40-25-21-38(22-26-40)42-10-8-32-64-36-42/h1-36,45,47H. The van der Waals surface area contributed by atoms with Crippen molar-refractivity contribution in [1.29, 1.82) is 0 Å². The third-order valence-corrected chi connectivity index (χ3v) is 14.2. The van der Waals surface area contributed by atoms with Crippen molar-refractivity contribution in [2.75, 3.05) is 0 Å². The molecular formula is C62H38N4. The summed E-state index contributed by atoms with van der Waals surface area (Å²) in [4.78, 5) is 19.9. The highest BCUT2D eigenvalue weighted by molar-refractivity contribution is 6.20. The summed E-state index contributed by atoms with van der Waals surface area (Å²) < 4.78 is 0. The van der Waals surface area contributed by atoms with E-state index in [1.54, 1.807) is 0 Å². The molecule has 4 heteroatoms. The molecule has 0 saturated heterocycles. The molecule has 0 saturated carbocycles. The Hall–Kier alpha value is -8.60. The van der Waals surface area contributed by atoms with E-state index in [1.807, 2.05) is 36.9 Å². The lowest BCUT2D eigenvalue weighted by molar-refractivity contribution is 0.769. The quantitative estimate of drug-likeness (QED) is 0.167. The monoisotopic (exact) mass is 838 g/mol. The Kier molecular flexibility index (Phi) is 8.07. The number of hydrogen-bond donors (Lipinski definition) is 0. The predicted octanol–water partition coefficient (Wildman–Crippen LogP) is 15.7. The van der Waals surface area contributed by atoms with Crippen LogP contribution < -0.4 is 0 Å². The van der Waals surface area contributed by atoms with Crippen molar-refractivity contribution in [2.45, 2.75) is 11.8 Å². The topological polar surface area (TPSA) is 51.6 Å². The van der Waals surface area contributed by atoms with Gasteiger partial charge in [-0.2, -0.15) is 0 Å². The zero-order valence-electron chi connectivity index (χ0n) is 35.7. The van der Waals surface area contributed by atoms with Crippen LogP contribution in [0.5, 0.6) is 0 Å². The number of hydrogen-bond acceptors (Lipinski definition) is 4. The normalized spacial score (nSPS) is 15.2. The number of aromatic nitrogens is 4. The van der Waals surface area contributed by atoms with Crippen LogP contribution in [0.4, 0.5) is 0 Å². The van der Waals surface area contributed by atoms with Crippen molar-refractivity contribution in [3.63, 3.8) is 0 Å². The largest absolute Gasteiger partial charge is 0.264 e. The van der Waals surface area contributed by atoms with E-state index in [9.17, 15) is 0 Å². The highest BCUT2D eigenvalue weighted by atomic mass is 14.9. The molecule has 0 fully saturated rings. The maximum atomic E-state index is 5.62. The van der Waals surface area contributed by atoms with Gasteiger partial charge in [0.05, 0.1) is 11.2 Å². The summed E-state index contributed by atoms with van der Waals surface area (Å²) in [7, 11) is 0. The van der Waals surface area contributed by atoms with E-state index in [4.69, 9.17) is 9.97 Å². The van der Waals surface area contributed by atoms with Crippen molar-refractivity contribution >= 4 is 32.4 Å². The van der Waals surface area contributed by atoms with Crippen molar-refractivity contribution in [1.82, 2.24) is 19.9 Å². The van der Waals surface area contributed by atoms with Crippen molar-refractivity contribution in [2.24, 2.45) is 0 Å². The van der Waals surface area contributed by atoms with Crippen LogP contribution in [0.2, 0.25) is 0 Å². The van der Waals surface area contributed by atoms with Gasteiger partial charge < -0.3 is 0 Å². The summed E-state index contributed by atoms with van der Waals surface area (Å²) in [6.45, 7) is 0. The molecule has 14 rings (SSSR count). The van der Waals surface area contributed by atoms with Crippen LogP contribution in [0.15, 0.2) is 219 Å². The summed E-state index contributed by atoms with van der Waals surface area (Å²) in [5.74, 6) is 1.37. The molecular weight excluding hydrogens is 801 g/mol. The van der Waals surface area contributed by atoms with Crippen LogP contribution in [0, 0.1) is 0 Å². The first-order valence-electron chi connectivity index (χ1n) is 22.7. The van der Waals surface area contributed by atoms with Gasteiger partial charge in [0.25, 0.3) is 0 Å². The van der Waals surface area contributed by atoms with Gasteiger partial charge in [-0.25, -0.2) is 9.97 Å². The molecule has 3 aliphatic carbocycles. The van der Waals surface area contributed by atoms with Gasteiger partial charge in [0.1, 0.15) is 0 Å². The minimum absolute atomic E-state index is 0.347. The Bertz CT molecular complexity index is 3800. The van der Waals surface area contributed by atoms with E-state index in [-0.39, 0.29) is 0 Å². The molecule has 0 aliphatic heterocycles. The van der Waals surface area contributed by atoms with Crippen molar-refractivity contribution < 1.29 is 0 Å². The molecule has 306 valence electrons. The fourth-order valence-corrected chi connectivity index (χ4v) is 11.2. The minimum Gasteiger partial charge on any atom is -0.264 e. The highest BCUT2D eigenvalue weighted by Crippen LogP contribution is 2.53. The molecule has 3 aromatic heterocycles. The molecule has 11 aromatic rings. The highest BCUT2D eigenvalue weighted by Gasteiger charge is 2.33. The van der Waals surface area contributed by atoms with E-state index in [2.05, 4.69) is 192 Å². The molecule has 0 radical (unpaired) electrons. The van der Waals surface area contributed by atoms with Crippen molar-refractivity contribution in [3.05, 3.63) is 230 Å². The molecule has 3 aliphatic rings. The van der Waals surface area contributed by atoms with Gasteiger partial charge in [-0.05, 0) is 118 Å². The number of allylic oxidation sites excluding steroid dienone is 4. The van der Waals surface area contributed by atoms with Gasteiger partial charge in [0.15, 0.2) is 5.82 Å². The lowest BCUT2D eigenvalue weighted by Gasteiger charge is -2.18. The molecule has 3 heterocycles. The Morgan fingerprint density at radius 2 is 0.909 bits per heavy atom. The van der Waals surface area contributed by atoms with Gasteiger partial charge >= 0.3 is 0 Å². The van der Waals surface area contributed by atoms with Gasteiger partial charge in [-0.15, -0.1) is 0 Å². The zero-order valence-corrected chi connectivity index (χ0v) is 35.7. The lowest BCUT2D eigenvalue weighted by atomic mass is 9.86. The summed E-state index contributed by atoms with van der Waals surface area (Å²) >= 11 is 0. The first-order valence-corrected chi connectivity index (χ1v) is 22.7. The summed E-state index contributed by atoms with van der Waals surface area (Å²) in [6, 6.07) is 62.0. The number of rotatable bonds is 6. The molecule has 66 heavy (non-hydrogen) atoms. The van der Waals surface area contributed by atoms with Crippen LogP contribution in [0.3, 0.4) is 0 Å². The Morgan fingerprint density at radius 1 is 0.333 bits per heavy atom. The molecule has 0 bridgehead atoms. The molecule has 2 atom stereocenters. The summed E-state index contributed by atoms with van der Waals surface area (Å²) in [5, 5.41) is 6.15. The fraction of sp³-hybridized carbons (Fsp3) is 0.0323. The Balaban J connectivity index is 1.06. The second kappa shape index (κ2) is 14.5.